The molecule has 1 aromatic rings. The van der Waals surface area contributed by atoms with Gasteiger partial charge >= 0.3 is 0 Å². The van der Waals surface area contributed by atoms with Gasteiger partial charge in [0.2, 0.25) is 11.8 Å². The van der Waals surface area contributed by atoms with Crippen molar-refractivity contribution in [2.45, 2.75) is 12.5 Å². The summed E-state index contributed by atoms with van der Waals surface area (Å²) in [7, 11) is 3.16. The van der Waals surface area contributed by atoms with Gasteiger partial charge in [-0.1, -0.05) is 24.3 Å². The zero-order chi connectivity index (χ0) is 15.9. The molecule has 0 fully saturated rings. The Morgan fingerprint density at radius 1 is 1.27 bits per heavy atom. The molecular weight excluding hydrogens is 284 g/mol. The van der Waals surface area contributed by atoms with E-state index in [0.717, 1.165) is 11.1 Å². The molecule has 1 atom stereocenters. The van der Waals surface area contributed by atoms with E-state index in [0.29, 0.717) is 32.7 Å². The van der Waals surface area contributed by atoms with Crippen LogP contribution in [0.2, 0.25) is 0 Å². The number of hydrogen-bond donors (Lipinski definition) is 1. The molecule has 1 aliphatic rings. The monoisotopic (exact) mass is 306 g/mol. The molecule has 22 heavy (non-hydrogen) atoms. The summed E-state index contributed by atoms with van der Waals surface area (Å²) in [5.41, 5.74) is 1.79. The molecule has 2 rings (SSSR count). The first-order chi connectivity index (χ1) is 10.7. The normalized spacial score (nSPS) is 17.3. The highest BCUT2D eigenvalue weighted by atomic mass is 16.5. The molecule has 0 spiro atoms. The van der Waals surface area contributed by atoms with Gasteiger partial charge in [-0.2, -0.15) is 0 Å². The van der Waals surface area contributed by atoms with Gasteiger partial charge in [-0.3, -0.25) is 9.59 Å². The second-order valence-electron chi connectivity index (χ2n) is 5.14. The molecule has 1 aromatic carbocycles. The lowest BCUT2D eigenvalue weighted by atomic mass is 9.91. The van der Waals surface area contributed by atoms with Gasteiger partial charge in [0.1, 0.15) is 6.04 Å². The topological polar surface area (TPSA) is 67.9 Å². The molecule has 1 aliphatic heterocycles. The van der Waals surface area contributed by atoms with Crippen LogP contribution in [0.1, 0.15) is 17.2 Å². The molecule has 0 aliphatic carbocycles. The third kappa shape index (κ3) is 3.64. The smallest absolute Gasteiger partial charge is 0.247 e. The molecule has 1 heterocycles. The fraction of sp³-hybridized carbons (Fsp3) is 0.500. The number of rotatable bonds is 7. The summed E-state index contributed by atoms with van der Waals surface area (Å²) in [4.78, 5) is 26.5. The molecule has 120 valence electrons. The molecule has 0 saturated heterocycles. The second-order valence-corrected chi connectivity index (χ2v) is 5.14. The van der Waals surface area contributed by atoms with Crippen molar-refractivity contribution >= 4 is 11.8 Å². The average molecular weight is 306 g/mol. The van der Waals surface area contributed by atoms with Gasteiger partial charge < -0.3 is 19.7 Å². The summed E-state index contributed by atoms with van der Waals surface area (Å²) in [6.07, 6.45) is 0.321. The fourth-order valence-corrected chi connectivity index (χ4v) is 2.64. The Bertz CT molecular complexity index is 533. The third-order valence-corrected chi connectivity index (χ3v) is 3.71. The number of carbonyl (C=O) groups excluding carboxylic acids is 2. The molecule has 6 heteroatoms. The van der Waals surface area contributed by atoms with Gasteiger partial charge in [0.15, 0.2) is 0 Å². The Morgan fingerprint density at radius 3 is 2.73 bits per heavy atom. The lowest BCUT2D eigenvalue weighted by Crippen LogP contribution is -2.49. The van der Waals surface area contributed by atoms with Crippen LogP contribution in [0, 0.1) is 0 Å². The van der Waals surface area contributed by atoms with Crippen molar-refractivity contribution in [1.82, 2.24) is 10.2 Å². The van der Waals surface area contributed by atoms with Crippen molar-refractivity contribution in [3.8, 4) is 0 Å². The van der Waals surface area contributed by atoms with Crippen molar-refractivity contribution < 1.29 is 19.1 Å². The zero-order valence-electron chi connectivity index (χ0n) is 13.0. The van der Waals surface area contributed by atoms with E-state index in [1.165, 1.54) is 0 Å². The van der Waals surface area contributed by atoms with Crippen LogP contribution in [-0.4, -0.2) is 57.2 Å². The highest BCUT2D eigenvalue weighted by Crippen LogP contribution is 2.30. The standard InChI is InChI=1S/C16H22N2O4/c1-21-9-7-17-16(20)15-13-6-4-3-5-12(13)11-14(19)18(15)8-10-22-2/h3-6,15H,7-11H2,1-2H3,(H,17,20). The Kier molecular flexibility index (Phi) is 5.91. The van der Waals surface area contributed by atoms with E-state index in [1.807, 2.05) is 24.3 Å². The number of methoxy groups -OCH3 is 2. The van der Waals surface area contributed by atoms with Crippen LogP contribution in [-0.2, 0) is 25.5 Å². The molecule has 0 saturated carbocycles. The Hall–Kier alpha value is -1.92. The Balaban J connectivity index is 2.25. The first-order valence-corrected chi connectivity index (χ1v) is 7.32. The predicted molar refractivity (Wildman–Crippen MR) is 81.4 cm³/mol. The quantitative estimate of drug-likeness (QED) is 0.746. The van der Waals surface area contributed by atoms with E-state index >= 15 is 0 Å². The summed E-state index contributed by atoms with van der Waals surface area (Å²) in [5, 5.41) is 2.82. The van der Waals surface area contributed by atoms with Crippen LogP contribution < -0.4 is 5.32 Å². The maximum Gasteiger partial charge on any atom is 0.247 e. The van der Waals surface area contributed by atoms with Gasteiger partial charge in [0.05, 0.1) is 19.6 Å². The van der Waals surface area contributed by atoms with Crippen LogP contribution in [0.5, 0.6) is 0 Å². The largest absolute Gasteiger partial charge is 0.383 e. The number of benzene rings is 1. The number of nitrogens with one attached hydrogen (secondary N) is 1. The number of carbonyl (C=O) groups is 2. The van der Waals surface area contributed by atoms with Crippen molar-refractivity contribution in [2.24, 2.45) is 0 Å². The summed E-state index contributed by atoms with van der Waals surface area (Å²) in [6.45, 7) is 1.65. The van der Waals surface area contributed by atoms with Crippen LogP contribution >= 0.6 is 0 Å². The van der Waals surface area contributed by atoms with E-state index in [1.54, 1.807) is 19.1 Å². The van der Waals surface area contributed by atoms with Crippen LogP contribution in [0.4, 0.5) is 0 Å². The molecule has 1 unspecified atom stereocenters. The highest BCUT2D eigenvalue weighted by Gasteiger charge is 2.36. The maximum absolute atomic E-state index is 12.6. The van der Waals surface area contributed by atoms with Gasteiger partial charge in [0, 0.05) is 27.3 Å². The van der Waals surface area contributed by atoms with Gasteiger partial charge in [0.25, 0.3) is 0 Å². The molecular formula is C16H22N2O4. The van der Waals surface area contributed by atoms with Crippen molar-refractivity contribution in [3.05, 3.63) is 35.4 Å². The minimum absolute atomic E-state index is 0.0531. The molecule has 0 bridgehead atoms. The van der Waals surface area contributed by atoms with Crippen LogP contribution in [0.25, 0.3) is 0 Å². The number of fused-ring (bicyclic) bond motifs is 1. The Morgan fingerprint density at radius 2 is 2.00 bits per heavy atom. The minimum atomic E-state index is -0.607. The van der Waals surface area contributed by atoms with E-state index in [2.05, 4.69) is 5.32 Å². The third-order valence-electron chi connectivity index (χ3n) is 3.71. The van der Waals surface area contributed by atoms with Crippen molar-refractivity contribution in [2.75, 3.05) is 40.5 Å². The number of hydrogen-bond acceptors (Lipinski definition) is 4. The fourth-order valence-electron chi connectivity index (χ4n) is 2.64. The minimum Gasteiger partial charge on any atom is -0.383 e. The lowest BCUT2D eigenvalue weighted by molar-refractivity contribution is -0.142. The van der Waals surface area contributed by atoms with Gasteiger partial charge in [-0.25, -0.2) is 0 Å². The summed E-state index contributed by atoms with van der Waals surface area (Å²) in [5.74, 6) is -0.240. The lowest BCUT2D eigenvalue weighted by Gasteiger charge is -2.36. The van der Waals surface area contributed by atoms with Crippen molar-refractivity contribution in [3.63, 3.8) is 0 Å². The van der Waals surface area contributed by atoms with Gasteiger partial charge in [-0.05, 0) is 11.1 Å². The zero-order valence-corrected chi connectivity index (χ0v) is 13.0. The van der Waals surface area contributed by atoms with Gasteiger partial charge in [-0.15, -0.1) is 0 Å². The predicted octanol–water partition coefficient (Wildman–Crippen LogP) is 0.521. The summed E-state index contributed by atoms with van der Waals surface area (Å²) in [6, 6.07) is 6.97. The number of ether oxygens (including phenoxy) is 2. The van der Waals surface area contributed by atoms with E-state index in [4.69, 9.17) is 9.47 Å². The number of nitrogens with zero attached hydrogens (tertiary/aromatic N) is 1. The van der Waals surface area contributed by atoms with E-state index < -0.39 is 6.04 Å². The van der Waals surface area contributed by atoms with E-state index in [9.17, 15) is 9.59 Å². The van der Waals surface area contributed by atoms with Crippen molar-refractivity contribution in [1.29, 1.82) is 0 Å². The first-order valence-electron chi connectivity index (χ1n) is 7.32. The van der Waals surface area contributed by atoms with Crippen LogP contribution in [0.3, 0.4) is 0 Å². The van der Waals surface area contributed by atoms with Crippen LogP contribution in [0.15, 0.2) is 24.3 Å². The first kappa shape index (κ1) is 16.5. The second kappa shape index (κ2) is 7.91. The van der Waals surface area contributed by atoms with E-state index in [-0.39, 0.29) is 11.8 Å². The maximum atomic E-state index is 12.6. The molecule has 0 radical (unpaired) electrons. The Labute approximate surface area is 130 Å². The summed E-state index contributed by atoms with van der Waals surface area (Å²) >= 11 is 0. The SMILES string of the molecule is COCCNC(=O)C1c2ccccc2CC(=O)N1CCOC. The molecule has 2 amide bonds. The summed E-state index contributed by atoms with van der Waals surface area (Å²) < 4.78 is 10.0. The highest BCUT2D eigenvalue weighted by molar-refractivity contribution is 5.92. The average Bonchev–Trinajstić information content (AvgIpc) is 2.52. The number of amides is 2. The molecule has 0 aromatic heterocycles. The molecule has 6 nitrogen and oxygen atoms in total. The molecule has 1 N–H and O–H groups in total.